The SMILES string of the molecule is OC(CN1CCCCC1)C1CCCNC1. The summed E-state index contributed by atoms with van der Waals surface area (Å²) in [4.78, 5) is 2.43. The summed E-state index contributed by atoms with van der Waals surface area (Å²) in [7, 11) is 0. The van der Waals surface area contributed by atoms with E-state index in [9.17, 15) is 5.11 Å². The standard InChI is InChI=1S/C12H24N2O/c15-12(11-5-4-6-13-9-11)10-14-7-2-1-3-8-14/h11-13,15H,1-10H2. The van der Waals surface area contributed by atoms with Gasteiger partial charge in [0.2, 0.25) is 0 Å². The molecule has 0 saturated carbocycles. The molecule has 3 heteroatoms. The van der Waals surface area contributed by atoms with Gasteiger partial charge in [0, 0.05) is 13.1 Å². The van der Waals surface area contributed by atoms with Gasteiger partial charge in [0.15, 0.2) is 0 Å². The molecule has 2 N–H and O–H groups in total. The quantitative estimate of drug-likeness (QED) is 0.727. The fourth-order valence-corrected chi connectivity index (χ4v) is 2.76. The first kappa shape index (κ1) is 11.4. The fraction of sp³-hybridized carbons (Fsp3) is 1.00. The Labute approximate surface area is 92.8 Å². The van der Waals surface area contributed by atoms with Crippen LogP contribution in [-0.4, -0.2) is 48.8 Å². The first-order valence-corrected chi connectivity index (χ1v) is 6.47. The van der Waals surface area contributed by atoms with Crippen LogP contribution in [0.2, 0.25) is 0 Å². The van der Waals surface area contributed by atoms with Crippen LogP contribution in [0.25, 0.3) is 0 Å². The summed E-state index contributed by atoms with van der Waals surface area (Å²) in [6.07, 6.45) is 6.31. The molecule has 2 heterocycles. The molecule has 0 aliphatic carbocycles. The molecule has 0 aromatic heterocycles. The zero-order valence-electron chi connectivity index (χ0n) is 9.62. The monoisotopic (exact) mass is 212 g/mol. The van der Waals surface area contributed by atoms with E-state index in [2.05, 4.69) is 10.2 Å². The number of likely N-dealkylation sites (tertiary alicyclic amines) is 1. The van der Waals surface area contributed by atoms with E-state index in [1.54, 1.807) is 0 Å². The van der Waals surface area contributed by atoms with Gasteiger partial charge in [0.1, 0.15) is 0 Å². The molecule has 0 spiro atoms. The summed E-state index contributed by atoms with van der Waals surface area (Å²) >= 11 is 0. The zero-order chi connectivity index (χ0) is 10.5. The van der Waals surface area contributed by atoms with Crippen molar-refractivity contribution < 1.29 is 5.11 Å². The molecule has 3 nitrogen and oxygen atoms in total. The van der Waals surface area contributed by atoms with Crippen molar-refractivity contribution in [3.05, 3.63) is 0 Å². The molecule has 2 saturated heterocycles. The number of nitrogens with zero attached hydrogens (tertiary/aromatic N) is 1. The molecule has 2 fully saturated rings. The lowest BCUT2D eigenvalue weighted by Gasteiger charge is -2.33. The summed E-state index contributed by atoms with van der Waals surface area (Å²) in [5.74, 6) is 0.487. The third-order valence-electron chi connectivity index (χ3n) is 3.77. The Hall–Kier alpha value is -0.120. The highest BCUT2D eigenvalue weighted by molar-refractivity contribution is 4.79. The van der Waals surface area contributed by atoms with Crippen molar-refractivity contribution in [2.75, 3.05) is 32.7 Å². The van der Waals surface area contributed by atoms with Crippen LogP contribution >= 0.6 is 0 Å². The third-order valence-corrected chi connectivity index (χ3v) is 3.77. The predicted molar refractivity (Wildman–Crippen MR) is 61.9 cm³/mol. The normalized spacial score (nSPS) is 31.4. The molecule has 0 bridgehead atoms. The van der Waals surface area contributed by atoms with Crippen LogP contribution in [0, 0.1) is 5.92 Å². The maximum atomic E-state index is 10.1. The predicted octanol–water partition coefficient (Wildman–Crippen LogP) is 0.833. The number of piperidine rings is 2. The topological polar surface area (TPSA) is 35.5 Å². The molecule has 0 aromatic carbocycles. The first-order valence-electron chi connectivity index (χ1n) is 6.47. The summed E-state index contributed by atoms with van der Waals surface area (Å²) in [5, 5.41) is 13.5. The highest BCUT2D eigenvalue weighted by Crippen LogP contribution is 2.17. The maximum Gasteiger partial charge on any atom is 0.0707 e. The average Bonchev–Trinajstić information content (AvgIpc) is 2.31. The number of aliphatic hydroxyl groups excluding tert-OH is 1. The number of hydrogen-bond acceptors (Lipinski definition) is 3. The Balaban J connectivity index is 1.72. The van der Waals surface area contributed by atoms with E-state index in [1.165, 1.54) is 45.2 Å². The van der Waals surface area contributed by atoms with Gasteiger partial charge in [0.05, 0.1) is 6.10 Å². The molecule has 88 valence electrons. The number of β-amino-alcohol motifs (C(OH)–C–C–N with tert-alkyl or cyclic N) is 1. The Morgan fingerprint density at radius 2 is 2.00 bits per heavy atom. The van der Waals surface area contributed by atoms with Gasteiger partial charge in [-0.2, -0.15) is 0 Å². The third kappa shape index (κ3) is 3.44. The maximum absolute atomic E-state index is 10.1. The number of nitrogens with one attached hydrogen (secondary N) is 1. The van der Waals surface area contributed by atoms with E-state index in [0.29, 0.717) is 5.92 Å². The Kier molecular flexibility index (Phi) is 4.42. The van der Waals surface area contributed by atoms with E-state index in [4.69, 9.17) is 0 Å². The molecule has 0 amide bonds. The van der Waals surface area contributed by atoms with E-state index in [0.717, 1.165) is 19.6 Å². The van der Waals surface area contributed by atoms with Crippen molar-refractivity contribution in [2.24, 2.45) is 5.92 Å². The van der Waals surface area contributed by atoms with Crippen LogP contribution in [0.3, 0.4) is 0 Å². The van der Waals surface area contributed by atoms with E-state index < -0.39 is 0 Å². The average molecular weight is 212 g/mol. The molecule has 15 heavy (non-hydrogen) atoms. The van der Waals surface area contributed by atoms with Crippen LogP contribution < -0.4 is 5.32 Å². The molecule has 0 aromatic rings. The number of rotatable bonds is 3. The summed E-state index contributed by atoms with van der Waals surface area (Å²) in [6, 6.07) is 0. The van der Waals surface area contributed by atoms with Crippen molar-refractivity contribution in [1.82, 2.24) is 10.2 Å². The van der Waals surface area contributed by atoms with Crippen LogP contribution in [0.15, 0.2) is 0 Å². The van der Waals surface area contributed by atoms with Crippen molar-refractivity contribution in [2.45, 2.75) is 38.2 Å². The minimum absolute atomic E-state index is 0.115. The van der Waals surface area contributed by atoms with Gasteiger partial charge in [-0.3, -0.25) is 0 Å². The van der Waals surface area contributed by atoms with Gasteiger partial charge >= 0.3 is 0 Å². The smallest absolute Gasteiger partial charge is 0.0707 e. The first-order chi connectivity index (χ1) is 7.36. The lowest BCUT2D eigenvalue weighted by atomic mass is 9.93. The van der Waals surface area contributed by atoms with Crippen LogP contribution in [0.4, 0.5) is 0 Å². The zero-order valence-corrected chi connectivity index (χ0v) is 9.62. The second-order valence-electron chi connectivity index (χ2n) is 5.04. The Bertz CT molecular complexity index is 174. The van der Waals surface area contributed by atoms with Crippen molar-refractivity contribution in [3.8, 4) is 0 Å². The van der Waals surface area contributed by atoms with Crippen molar-refractivity contribution in [3.63, 3.8) is 0 Å². The van der Waals surface area contributed by atoms with Crippen LogP contribution in [0.1, 0.15) is 32.1 Å². The lowest BCUT2D eigenvalue weighted by molar-refractivity contribution is 0.0470. The summed E-state index contributed by atoms with van der Waals surface area (Å²) < 4.78 is 0. The Morgan fingerprint density at radius 3 is 2.67 bits per heavy atom. The minimum Gasteiger partial charge on any atom is -0.391 e. The minimum atomic E-state index is -0.115. The second-order valence-corrected chi connectivity index (χ2v) is 5.04. The fourth-order valence-electron chi connectivity index (χ4n) is 2.76. The van der Waals surface area contributed by atoms with Crippen LogP contribution in [0.5, 0.6) is 0 Å². The van der Waals surface area contributed by atoms with Gasteiger partial charge in [-0.05, 0) is 51.2 Å². The van der Waals surface area contributed by atoms with Gasteiger partial charge in [-0.15, -0.1) is 0 Å². The number of aliphatic hydroxyl groups is 1. The highest BCUT2D eigenvalue weighted by atomic mass is 16.3. The van der Waals surface area contributed by atoms with Crippen molar-refractivity contribution in [1.29, 1.82) is 0 Å². The van der Waals surface area contributed by atoms with E-state index in [-0.39, 0.29) is 6.10 Å². The van der Waals surface area contributed by atoms with Crippen molar-refractivity contribution >= 4 is 0 Å². The van der Waals surface area contributed by atoms with Gasteiger partial charge < -0.3 is 15.3 Å². The molecule has 2 rings (SSSR count). The van der Waals surface area contributed by atoms with Crippen LogP contribution in [-0.2, 0) is 0 Å². The van der Waals surface area contributed by atoms with Gasteiger partial charge in [-0.25, -0.2) is 0 Å². The molecular formula is C12H24N2O. The highest BCUT2D eigenvalue weighted by Gasteiger charge is 2.23. The van der Waals surface area contributed by atoms with E-state index >= 15 is 0 Å². The molecule has 2 atom stereocenters. The van der Waals surface area contributed by atoms with Gasteiger partial charge in [-0.1, -0.05) is 6.42 Å². The number of hydrogen-bond donors (Lipinski definition) is 2. The molecule has 0 radical (unpaired) electrons. The summed E-state index contributed by atoms with van der Waals surface area (Å²) in [6.45, 7) is 5.42. The Morgan fingerprint density at radius 1 is 1.20 bits per heavy atom. The lowest BCUT2D eigenvalue weighted by Crippen LogP contribution is -2.44. The molecular weight excluding hydrogens is 188 g/mol. The van der Waals surface area contributed by atoms with E-state index in [1.807, 2.05) is 0 Å². The van der Waals surface area contributed by atoms with Gasteiger partial charge in [0.25, 0.3) is 0 Å². The summed E-state index contributed by atoms with van der Waals surface area (Å²) in [5.41, 5.74) is 0. The molecule has 2 aliphatic rings. The largest absolute Gasteiger partial charge is 0.391 e. The molecule has 2 unspecified atom stereocenters. The molecule has 2 aliphatic heterocycles. The second kappa shape index (κ2) is 5.83.